The van der Waals surface area contributed by atoms with Crippen molar-refractivity contribution >= 4 is 11.9 Å². The Morgan fingerprint density at radius 2 is 1.84 bits per heavy atom. The first kappa shape index (κ1) is 19.7. The maximum Gasteiger partial charge on any atom is 0.350 e. The molecule has 0 radical (unpaired) electrons. The van der Waals surface area contributed by atoms with E-state index in [0.29, 0.717) is 54.7 Å². The first-order valence-corrected chi connectivity index (χ1v) is 10.6. The van der Waals surface area contributed by atoms with Crippen molar-refractivity contribution in [1.82, 2.24) is 5.32 Å². The van der Waals surface area contributed by atoms with Gasteiger partial charge in [0.1, 0.15) is 0 Å². The summed E-state index contributed by atoms with van der Waals surface area (Å²) < 4.78 is 23.0. The van der Waals surface area contributed by atoms with Crippen LogP contribution in [-0.4, -0.2) is 38.3 Å². The van der Waals surface area contributed by atoms with Crippen LogP contribution in [0.3, 0.4) is 0 Å². The van der Waals surface area contributed by atoms with Crippen LogP contribution < -0.4 is 19.5 Å². The van der Waals surface area contributed by atoms with E-state index in [0.717, 1.165) is 29.5 Å². The number of rotatable bonds is 8. The Kier molecular flexibility index (Phi) is 4.76. The fraction of sp³-hybridized carbons (Fsp3) is 0.417. The van der Waals surface area contributed by atoms with E-state index >= 15 is 0 Å². The van der Waals surface area contributed by atoms with Crippen LogP contribution in [0.15, 0.2) is 30.3 Å². The van der Waals surface area contributed by atoms with Crippen molar-refractivity contribution in [3.8, 4) is 28.4 Å². The molecular weight excluding hydrogens is 398 g/mol. The van der Waals surface area contributed by atoms with Crippen molar-refractivity contribution in [3.05, 3.63) is 41.5 Å². The average molecular weight is 423 g/mol. The van der Waals surface area contributed by atoms with Gasteiger partial charge in [0.2, 0.25) is 11.4 Å². The van der Waals surface area contributed by atoms with E-state index in [4.69, 9.17) is 18.9 Å². The van der Waals surface area contributed by atoms with Gasteiger partial charge in [0, 0.05) is 30.5 Å². The number of hydrogen-bond acceptors (Lipinski definition) is 6. The molecule has 2 aliphatic carbocycles. The Balaban J connectivity index is 1.52. The summed E-state index contributed by atoms with van der Waals surface area (Å²) in [7, 11) is 3.11. The lowest BCUT2D eigenvalue weighted by molar-refractivity contribution is -0.154. The molecule has 1 aliphatic heterocycles. The van der Waals surface area contributed by atoms with Gasteiger partial charge in [-0.2, -0.15) is 0 Å². The average Bonchev–Trinajstić information content (AvgIpc) is 3.72. The second kappa shape index (κ2) is 7.48. The molecule has 7 nitrogen and oxygen atoms in total. The van der Waals surface area contributed by atoms with Crippen LogP contribution in [0.2, 0.25) is 0 Å². The number of methoxy groups -OCH3 is 2. The number of carbonyl (C=O) groups excluding carboxylic acids is 2. The number of carbonyl (C=O) groups is 2. The number of hydrogen-bond donors (Lipinski definition) is 1. The number of esters is 1. The fourth-order valence-electron chi connectivity index (χ4n) is 3.89. The molecule has 0 bridgehead atoms. The maximum absolute atomic E-state index is 12.8. The van der Waals surface area contributed by atoms with Gasteiger partial charge in [-0.25, -0.2) is 4.79 Å². The van der Waals surface area contributed by atoms with Crippen LogP contribution in [0.5, 0.6) is 17.2 Å². The minimum absolute atomic E-state index is 0.0688. The molecule has 1 amide bonds. The molecule has 31 heavy (non-hydrogen) atoms. The number of fused-ring (bicyclic) bond motifs is 1. The number of amides is 1. The number of nitrogens with one attached hydrogen (secondary N) is 1. The Labute approximate surface area is 180 Å². The number of benzene rings is 2. The zero-order valence-corrected chi connectivity index (χ0v) is 17.7. The topological polar surface area (TPSA) is 83.1 Å². The van der Waals surface area contributed by atoms with Crippen LogP contribution in [-0.2, 0) is 16.1 Å². The highest BCUT2D eigenvalue weighted by molar-refractivity contribution is 5.99. The van der Waals surface area contributed by atoms with Crippen molar-refractivity contribution in [3.63, 3.8) is 0 Å². The van der Waals surface area contributed by atoms with Gasteiger partial charge in [0.15, 0.2) is 11.5 Å². The molecule has 0 unspecified atom stereocenters. The first-order valence-electron chi connectivity index (χ1n) is 10.6. The lowest BCUT2D eigenvalue weighted by Crippen LogP contribution is -2.32. The Hall–Kier alpha value is -3.22. The van der Waals surface area contributed by atoms with Gasteiger partial charge in [-0.3, -0.25) is 4.79 Å². The normalized spacial score (nSPS) is 18.1. The summed E-state index contributed by atoms with van der Waals surface area (Å²) in [5.41, 5.74) is 2.24. The third-order valence-corrected chi connectivity index (χ3v) is 6.12. The van der Waals surface area contributed by atoms with Crippen molar-refractivity contribution in [1.29, 1.82) is 0 Å². The van der Waals surface area contributed by atoms with Gasteiger partial charge < -0.3 is 24.3 Å². The highest BCUT2D eigenvalue weighted by Crippen LogP contribution is 2.51. The third-order valence-electron chi connectivity index (χ3n) is 6.12. The van der Waals surface area contributed by atoms with E-state index in [1.807, 2.05) is 30.3 Å². The van der Waals surface area contributed by atoms with E-state index in [9.17, 15) is 9.59 Å². The van der Waals surface area contributed by atoms with Crippen molar-refractivity contribution in [2.24, 2.45) is 5.92 Å². The second-order valence-electron chi connectivity index (χ2n) is 8.37. The van der Waals surface area contributed by atoms with Crippen molar-refractivity contribution < 1.29 is 28.5 Å². The number of ether oxygens (including phenoxy) is 4. The standard InChI is InChI=1S/C24H25NO6/c1-28-19-8-7-17(15-5-6-18-16(11-15)12-25-22(18)26)20(21(19)29-2)31-24(9-10-24)23(27)30-13-14-3-4-14/h5-8,11,14H,3-4,9-10,12-13H2,1-2H3,(H,25,26). The third kappa shape index (κ3) is 3.58. The summed E-state index contributed by atoms with van der Waals surface area (Å²) in [6.45, 7) is 0.945. The summed E-state index contributed by atoms with van der Waals surface area (Å²) in [6.07, 6.45) is 3.42. The van der Waals surface area contributed by atoms with E-state index in [-0.39, 0.29) is 11.9 Å². The van der Waals surface area contributed by atoms with E-state index in [1.54, 1.807) is 14.2 Å². The molecule has 2 aromatic rings. The minimum atomic E-state index is -0.989. The summed E-state index contributed by atoms with van der Waals surface area (Å²) in [5, 5.41) is 2.83. The molecule has 3 aliphatic rings. The van der Waals surface area contributed by atoms with Gasteiger partial charge in [0.05, 0.1) is 20.8 Å². The highest BCUT2D eigenvalue weighted by atomic mass is 16.6. The monoisotopic (exact) mass is 423 g/mol. The molecule has 0 spiro atoms. The summed E-state index contributed by atoms with van der Waals surface area (Å²) >= 11 is 0. The predicted molar refractivity (Wildman–Crippen MR) is 112 cm³/mol. The fourth-order valence-corrected chi connectivity index (χ4v) is 3.89. The van der Waals surface area contributed by atoms with Gasteiger partial charge in [-0.05, 0) is 54.2 Å². The Bertz CT molecular complexity index is 1050. The molecule has 7 heteroatoms. The van der Waals surface area contributed by atoms with E-state index < -0.39 is 5.60 Å². The molecule has 1 heterocycles. The first-order chi connectivity index (χ1) is 15.0. The second-order valence-corrected chi connectivity index (χ2v) is 8.37. The molecule has 162 valence electrons. The quantitative estimate of drug-likeness (QED) is 0.655. The van der Waals surface area contributed by atoms with Gasteiger partial charge in [0.25, 0.3) is 5.91 Å². The van der Waals surface area contributed by atoms with E-state index in [1.165, 1.54) is 0 Å². The van der Waals surface area contributed by atoms with Crippen molar-refractivity contribution in [2.45, 2.75) is 37.8 Å². The van der Waals surface area contributed by atoms with Gasteiger partial charge >= 0.3 is 5.97 Å². The lowest BCUT2D eigenvalue weighted by atomic mass is 9.99. The molecule has 2 aromatic carbocycles. The smallest absolute Gasteiger partial charge is 0.350 e. The molecule has 2 fully saturated rings. The molecule has 1 N–H and O–H groups in total. The molecule has 0 saturated heterocycles. The van der Waals surface area contributed by atoms with Gasteiger partial charge in [-0.1, -0.05) is 6.07 Å². The molecule has 2 saturated carbocycles. The Morgan fingerprint density at radius 1 is 1.06 bits per heavy atom. The SMILES string of the molecule is COc1ccc(-c2ccc3c(c2)CNC3=O)c(OC2(C(=O)OCC3CC3)CC2)c1OC. The van der Waals surface area contributed by atoms with E-state index in [2.05, 4.69) is 5.32 Å². The summed E-state index contributed by atoms with van der Waals surface area (Å²) in [5.74, 6) is 1.49. The van der Waals surface area contributed by atoms with Crippen LogP contribution in [0.1, 0.15) is 41.6 Å². The zero-order chi connectivity index (χ0) is 21.6. The largest absolute Gasteiger partial charge is 0.493 e. The molecule has 0 atom stereocenters. The lowest BCUT2D eigenvalue weighted by Gasteiger charge is -2.22. The molecule has 0 aromatic heterocycles. The van der Waals surface area contributed by atoms with Crippen molar-refractivity contribution in [2.75, 3.05) is 20.8 Å². The maximum atomic E-state index is 12.8. The van der Waals surface area contributed by atoms with Crippen LogP contribution >= 0.6 is 0 Å². The minimum Gasteiger partial charge on any atom is -0.493 e. The van der Waals surface area contributed by atoms with Gasteiger partial charge in [-0.15, -0.1) is 0 Å². The summed E-state index contributed by atoms with van der Waals surface area (Å²) in [6, 6.07) is 9.34. The predicted octanol–water partition coefficient (Wildman–Crippen LogP) is 3.48. The van der Waals surface area contributed by atoms with Crippen LogP contribution in [0.4, 0.5) is 0 Å². The van der Waals surface area contributed by atoms with Crippen LogP contribution in [0, 0.1) is 5.92 Å². The molecular formula is C24H25NO6. The summed E-state index contributed by atoms with van der Waals surface area (Å²) in [4.78, 5) is 24.7. The van der Waals surface area contributed by atoms with Crippen LogP contribution in [0.25, 0.3) is 11.1 Å². The highest BCUT2D eigenvalue weighted by Gasteiger charge is 2.55. The molecule has 5 rings (SSSR count). The Morgan fingerprint density at radius 3 is 2.52 bits per heavy atom. The zero-order valence-electron chi connectivity index (χ0n) is 17.7.